The number of thioether (sulfide) groups is 1. The highest BCUT2D eigenvalue weighted by Gasteiger charge is 2.14. The number of anilines is 1. The third-order valence-electron chi connectivity index (χ3n) is 3.41. The largest absolute Gasteiger partial charge is 0.497 e. The van der Waals surface area contributed by atoms with Crippen molar-refractivity contribution in [3.8, 4) is 5.75 Å². The van der Waals surface area contributed by atoms with Gasteiger partial charge in [-0.15, -0.1) is 0 Å². The first-order valence-corrected chi connectivity index (χ1v) is 8.06. The van der Waals surface area contributed by atoms with Crippen molar-refractivity contribution in [1.29, 1.82) is 0 Å². The normalized spacial score (nSPS) is 16.1. The lowest BCUT2D eigenvalue weighted by molar-refractivity contribution is 0.415. The molecule has 0 aromatic heterocycles. The van der Waals surface area contributed by atoms with E-state index in [1.807, 2.05) is 30.0 Å². The summed E-state index contributed by atoms with van der Waals surface area (Å²) in [5.41, 5.74) is 7.63. The minimum Gasteiger partial charge on any atom is -0.497 e. The van der Waals surface area contributed by atoms with Crippen molar-refractivity contribution in [2.24, 2.45) is 11.7 Å². The number of hydrogen-bond acceptors (Lipinski definition) is 4. The third-order valence-corrected chi connectivity index (χ3v) is 4.68. The van der Waals surface area contributed by atoms with Crippen LogP contribution < -0.4 is 15.8 Å². The van der Waals surface area contributed by atoms with Crippen LogP contribution in [-0.2, 0) is 0 Å². The van der Waals surface area contributed by atoms with Gasteiger partial charge >= 0.3 is 0 Å². The van der Waals surface area contributed by atoms with E-state index in [0.717, 1.165) is 29.5 Å². The van der Waals surface area contributed by atoms with E-state index in [2.05, 4.69) is 5.32 Å². The van der Waals surface area contributed by atoms with Gasteiger partial charge in [0.1, 0.15) is 10.7 Å². The van der Waals surface area contributed by atoms with Crippen molar-refractivity contribution in [2.45, 2.75) is 12.8 Å². The molecule has 3 N–H and O–H groups in total. The summed E-state index contributed by atoms with van der Waals surface area (Å²) < 4.78 is 5.25. The molecule has 1 aliphatic heterocycles. The highest BCUT2D eigenvalue weighted by Crippen LogP contribution is 2.26. The summed E-state index contributed by atoms with van der Waals surface area (Å²) in [7, 11) is 1.66. The first kappa shape index (κ1) is 14.5. The van der Waals surface area contributed by atoms with Crippen LogP contribution in [-0.4, -0.2) is 30.1 Å². The van der Waals surface area contributed by atoms with Gasteiger partial charge in [-0.05, 0) is 42.4 Å². The second-order valence-electron chi connectivity index (χ2n) is 4.71. The molecule has 0 spiro atoms. The second-order valence-corrected chi connectivity index (χ2v) is 6.38. The summed E-state index contributed by atoms with van der Waals surface area (Å²) in [4.78, 5) is 0.421. The number of methoxy groups -OCH3 is 1. The van der Waals surface area contributed by atoms with Crippen molar-refractivity contribution in [2.75, 3.05) is 30.5 Å². The van der Waals surface area contributed by atoms with Gasteiger partial charge in [0.25, 0.3) is 0 Å². The maximum atomic E-state index is 5.76. The zero-order valence-corrected chi connectivity index (χ0v) is 12.8. The van der Waals surface area contributed by atoms with Gasteiger partial charge in [-0.25, -0.2) is 0 Å². The zero-order chi connectivity index (χ0) is 13.7. The molecule has 1 heterocycles. The number of ether oxygens (including phenoxy) is 1. The fourth-order valence-electron chi connectivity index (χ4n) is 2.22. The van der Waals surface area contributed by atoms with Crippen molar-refractivity contribution < 1.29 is 4.74 Å². The lowest BCUT2D eigenvalue weighted by atomic mass is 10.0. The minimum absolute atomic E-state index is 0.421. The van der Waals surface area contributed by atoms with E-state index in [1.165, 1.54) is 24.3 Å². The summed E-state index contributed by atoms with van der Waals surface area (Å²) in [5, 5.41) is 3.48. The van der Waals surface area contributed by atoms with Gasteiger partial charge in [0.15, 0.2) is 0 Å². The Morgan fingerprint density at radius 2 is 2.21 bits per heavy atom. The molecule has 104 valence electrons. The average Bonchev–Trinajstić information content (AvgIpc) is 2.45. The molecule has 0 radical (unpaired) electrons. The summed E-state index contributed by atoms with van der Waals surface area (Å²) >= 11 is 7.14. The number of nitrogens with two attached hydrogens (primary N) is 1. The van der Waals surface area contributed by atoms with Crippen LogP contribution in [0.1, 0.15) is 18.4 Å². The molecule has 19 heavy (non-hydrogen) atoms. The van der Waals surface area contributed by atoms with E-state index >= 15 is 0 Å². The Morgan fingerprint density at radius 1 is 1.47 bits per heavy atom. The zero-order valence-electron chi connectivity index (χ0n) is 11.1. The van der Waals surface area contributed by atoms with Crippen LogP contribution in [0, 0.1) is 5.92 Å². The summed E-state index contributed by atoms with van der Waals surface area (Å²) in [5.74, 6) is 4.10. The van der Waals surface area contributed by atoms with Crippen molar-refractivity contribution in [3.63, 3.8) is 0 Å². The maximum absolute atomic E-state index is 5.76. The smallest absolute Gasteiger partial charge is 0.120 e. The Bertz CT molecular complexity index is 445. The standard InChI is InChI=1S/C14H20N2OS2/c1-17-11-2-3-12(14(15)18)13(8-11)16-9-10-4-6-19-7-5-10/h2-3,8,10,16H,4-7,9H2,1H3,(H2,15,18). The Balaban J connectivity index is 2.06. The van der Waals surface area contributed by atoms with E-state index in [4.69, 9.17) is 22.7 Å². The Labute approximate surface area is 124 Å². The van der Waals surface area contributed by atoms with Crippen molar-refractivity contribution in [3.05, 3.63) is 23.8 Å². The highest BCUT2D eigenvalue weighted by atomic mass is 32.2. The monoisotopic (exact) mass is 296 g/mol. The molecule has 1 aliphatic rings. The number of nitrogens with one attached hydrogen (secondary N) is 1. The fraction of sp³-hybridized carbons (Fsp3) is 0.500. The molecule has 2 rings (SSSR count). The number of hydrogen-bond donors (Lipinski definition) is 2. The van der Waals surface area contributed by atoms with E-state index in [0.29, 0.717) is 4.99 Å². The molecule has 0 atom stereocenters. The SMILES string of the molecule is COc1ccc(C(N)=S)c(NCC2CCSCC2)c1. The van der Waals surface area contributed by atoms with Gasteiger partial charge in [0.05, 0.1) is 7.11 Å². The molecule has 0 unspecified atom stereocenters. The van der Waals surface area contributed by atoms with Gasteiger partial charge in [-0.3, -0.25) is 0 Å². The van der Waals surface area contributed by atoms with Crippen LogP contribution in [0.3, 0.4) is 0 Å². The van der Waals surface area contributed by atoms with Gasteiger partial charge in [-0.2, -0.15) is 11.8 Å². The van der Waals surface area contributed by atoms with Gasteiger partial charge < -0.3 is 15.8 Å². The molecule has 0 aliphatic carbocycles. The predicted molar refractivity (Wildman–Crippen MR) is 87.4 cm³/mol. The Morgan fingerprint density at radius 3 is 2.84 bits per heavy atom. The van der Waals surface area contributed by atoms with E-state index in [9.17, 15) is 0 Å². The first-order chi connectivity index (χ1) is 9.20. The summed E-state index contributed by atoms with van der Waals surface area (Å²) in [6.45, 7) is 0.976. The summed E-state index contributed by atoms with van der Waals surface area (Å²) in [6, 6.07) is 5.77. The number of rotatable bonds is 5. The molecule has 1 fully saturated rings. The molecule has 1 aromatic rings. The topological polar surface area (TPSA) is 47.3 Å². The number of benzene rings is 1. The lowest BCUT2D eigenvalue weighted by Gasteiger charge is -2.23. The van der Waals surface area contributed by atoms with E-state index in [-0.39, 0.29) is 0 Å². The molecule has 1 aromatic carbocycles. The molecular weight excluding hydrogens is 276 g/mol. The molecular formula is C14H20N2OS2. The van der Waals surface area contributed by atoms with Gasteiger partial charge in [-0.1, -0.05) is 12.2 Å². The first-order valence-electron chi connectivity index (χ1n) is 6.50. The fourth-order valence-corrected chi connectivity index (χ4v) is 3.60. The van der Waals surface area contributed by atoms with Crippen LogP contribution >= 0.6 is 24.0 Å². The molecule has 0 saturated carbocycles. The molecule has 3 nitrogen and oxygen atoms in total. The quantitative estimate of drug-likeness (QED) is 0.818. The van der Waals surface area contributed by atoms with Crippen molar-refractivity contribution >= 4 is 34.7 Å². The van der Waals surface area contributed by atoms with Crippen LogP contribution in [0.4, 0.5) is 5.69 Å². The van der Waals surface area contributed by atoms with Crippen LogP contribution in [0.15, 0.2) is 18.2 Å². The van der Waals surface area contributed by atoms with Crippen LogP contribution in [0.5, 0.6) is 5.75 Å². The Kier molecular flexibility index (Phi) is 5.34. The summed E-state index contributed by atoms with van der Waals surface area (Å²) in [6.07, 6.45) is 2.56. The van der Waals surface area contributed by atoms with Crippen LogP contribution in [0.25, 0.3) is 0 Å². The Hall–Kier alpha value is -0.940. The number of thiocarbonyl (C=S) groups is 1. The highest BCUT2D eigenvalue weighted by molar-refractivity contribution is 7.99. The molecule has 0 bridgehead atoms. The average molecular weight is 296 g/mol. The van der Waals surface area contributed by atoms with Gasteiger partial charge in [0.2, 0.25) is 0 Å². The molecule has 5 heteroatoms. The van der Waals surface area contributed by atoms with Gasteiger partial charge in [0, 0.05) is 23.9 Å². The predicted octanol–water partition coefficient (Wildman–Crippen LogP) is 2.88. The maximum Gasteiger partial charge on any atom is 0.120 e. The van der Waals surface area contributed by atoms with E-state index in [1.54, 1.807) is 7.11 Å². The third kappa shape index (κ3) is 4.01. The lowest BCUT2D eigenvalue weighted by Crippen LogP contribution is -2.21. The minimum atomic E-state index is 0.421. The molecule has 1 saturated heterocycles. The van der Waals surface area contributed by atoms with Crippen molar-refractivity contribution in [1.82, 2.24) is 0 Å². The van der Waals surface area contributed by atoms with E-state index < -0.39 is 0 Å². The molecule has 0 amide bonds. The second kappa shape index (κ2) is 7.01. The van der Waals surface area contributed by atoms with Crippen LogP contribution in [0.2, 0.25) is 0 Å².